The van der Waals surface area contributed by atoms with Crippen molar-refractivity contribution in [3.8, 4) is 0 Å². The second-order valence-corrected chi connectivity index (χ2v) is 6.85. The van der Waals surface area contributed by atoms with Crippen LogP contribution in [0.15, 0.2) is 12.1 Å². The van der Waals surface area contributed by atoms with Gasteiger partial charge in [-0.3, -0.25) is 0 Å². The number of hydrogen-bond donors (Lipinski definition) is 2. The molecule has 0 radical (unpaired) electrons. The van der Waals surface area contributed by atoms with Gasteiger partial charge in [0.05, 0.1) is 11.1 Å². The van der Waals surface area contributed by atoms with E-state index in [-0.39, 0.29) is 17.0 Å². The zero-order valence-electron chi connectivity index (χ0n) is 15.8. The molecule has 1 rings (SSSR count). The fourth-order valence-corrected chi connectivity index (χ4v) is 3.30. The van der Waals surface area contributed by atoms with E-state index in [1.165, 1.54) is 31.7 Å². The van der Waals surface area contributed by atoms with Crippen LogP contribution in [0.25, 0.3) is 0 Å². The summed E-state index contributed by atoms with van der Waals surface area (Å²) in [5.74, 6) is -2.09. The first-order valence-electron chi connectivity index (χ1n) is 9.56. The van der Waals surface area contributed by atoms with Crippen LogP contribution >= 0.6 is 0 Å². The van der Waals surface area contributed by atoms with Crippen molar-refractivity contribution in [3.05, 3.63) is 34.4 Å². The fraction of sp³-hybridized carbons (Fsp3) is 0.619. The molecule has 0 aliphatic rings. The third-order valence-corrected chi connectivity index (χ3v) is 4.97. The maximum atomic E-state index is 11.8. The molecule has 1 atom stereocenters. The maximum Gasteiger partial charge on any atom is 0.336 e. The molecule has 25 heavy (non-hydrogen) atoms. The smallest absolute Gasteiger partial charge is 0.336 e. The molecule has 0 aromatic heterocycles. The van der Waals surface area contributed by atoms with Crippen LogP contribution in [0.3, 0.4) is 0 Å². The van der Waals surface area contributed by atoms with Crippen molar-refractivity contribution in [2.75, 3.05) is 0 Å². The van der Waals surface area contributed by atoms with Crippen LogP contribution in [0.2, 0.25) is 0 Å². The van der Waals surface area contributed by atoms with Gasteiger partial charge in [-0.15, -0.1) is 0 Å². The van der Waals surface area contributed by atoms with Gasteiger partial charge >= 0.3 is 11.9 Å². The Hall–Kier alpha value is -1.84. The van der Waals surface area contributed by atoms with Crippen molar-refractivity contribution in [1.82, 2.24) is 0 Å². The molecule has 1 unspecified atom stereocenters. The highest BCUT2D eigenvalue weighted by atomic mass is 16.4. The normalized spacial score (nSPS) is 12.1. The van der Waals surface area contributed by atoms with E-state index in [1.807, 2.05) is 0 Å². The van der Waals surface area contributed by atoms with Crippen molar-refractivity contribution >= 4 is 11.9 Å². The summed E-state index contributed by atoms with van der Waals surface area (Å²) in [6, 6.07) is 3.25. The van der Waals surface area contributed by atoms with E-state index in [4.69, 9.17) is 0 Å². The molecule has 0 aliphatic carbocycles. The summed E-state index contributed by atoms with van der Waals surface area (Å²) in [6.07, 6.45) is 9.60. The van der Waals surface area contributed by atoms with Crippen molar-refractivity contribution < 1.29 is 19.8 Å². The first-order chi connectivity index (χ1) is 11.9. The molecule has 4 nitrogen and oxygen atoms in total. The molecular weight excluding hydrogens is 316 g/mol. The molecule has 0 bridgehead atoms. The van der Waals surface area contributed by atoms with Gasteiger partial charge in [0.15, 0.2) is 0 Å². The SMILES string of the molecule is CCCCCCCCCc1c(C(C)CC)ccc(C(=O)O)c1C(=O)O. The van der Waals surface area contributed by atoms with E-state index in [1.54, 1.807) is 6.07 Å². The van der Waals surface area contributed by atoms with Crippen LogP contribution < -0.4 is 0 Å². The van der Waals surface area contributed by atoms with Gasteiger partial charge in [0, 0.05) is 0 Å². The summed E-state index contributed by atoms with van der Waals surface area (Å²) in [5.41, 5.74) is 1.58. The minimum absolute atomic E-state index is 0.0173. The minimum atomic E-state index is -1.17. The van der Waals surface area contributed by atoms with Crippen LogP contribution in [-0.4, -0.2) is 22.2 Å². The Morgan fingerprint density at radius 1 is 0.920 bits per heavy atom. The maximum absolute atomic E-state index is 11.8. The Balaban J connectivity index is 2.97. The van der Waals surface area contributed by atoms with Gasteiger partial charge in [0.2, 0.25) is 0 Å². The standard InChI is InChI=1S/C21H32O4/c1-4-6-7-8-9-10-11-12-17-16(15(3)5-2)13-14-18(20(22)23)19(17)21(24)25/h13-15H,4-12H2,1-3H3,(H,22,23)(H,24,25). The van der Waals surface area contributed by atoms with Crippen molar-refractivity contribution in [2.24, 2.45) is 0 Å². The van der Waals surface area contributed by atoms with Gasteiger partial charge in [0.25, 0.3) is 0 Å². The summed E-state index contributed by atoms with van der Waals surface area (Å²) in [4.78, 5) is 23.2. The highest BCUT2D eigenvalue weighted by Crippen LogP contribution is 2.29. The molecule has 0 aliphatic heterocycles. The van der Waals surface area contributed by atoms with Gasteiger partial charge in [-0.1, -0.05) is 65.4 Å². The number of rotatable bonds is 12. The number of aromatic carboxylic acids is 2. The predicted octanol–water partition coefficient (Wildman–Crippen LogP) is 5.89. The second-order valence-electron chi connectivity index (χ2n) is 6.85. The van der Waals surface area contributed by atoms with Crippen LogP contribution in [0, 0.1) is 0 Å². The number of carboxylic acids is 2. The predicted molar refractivity (Wildman–Crippen MR) is 101 cm³/mol. The lowest BCUT2D eigenvalue weighted by Crippen LogP contribution is -2.15. The summed E-state index contributed by atoms with van der Waals surface area (Å²) in [6.45, 7) is 6.32. The van der Waals surface area contributed by atoms with Gasteiger partial charge in [-0.25, -0.2) is 9.59 Å². The molecule has 0 saturated carbocycles. The van der Waals surface area contributed by atoms with Crippen LogP contribution in [0.1, 0.15) is 110 Å². The number of carbonyl (C=O) groups is 2. The summed E-state index contributed by atoms with van der Waals surface area (Å²) >= 11 is 0. The molecular formula is C21H32O4. The van der Waals surface area contributed by atoms with Crippen LogP contribution in [-0.2, 0) is 6.42 Å². The Bertz CT molecular complexity index is 578. The molecule has 1 aromatic carbocycles. The second kappa shape index (κ2) is 10.9. The monoisotopic (exact) mass is 348 g/mol. The summed E-state index contributed by atoms with van der Waals surface area (Å²) in [5, 5.41) is 19.0. The Morgan fingerprint density at radius 2 is 1.52 bits per heavy atom. The molecule has 0 fully saturated rings. The van der Waals surface area contributed by atoms with Gasteiger partial charge < -0.3 is 10.2 Å². The average Bonchev–Trinajstić information content (AvgIpc) is 2.59. The van der Waals surface area contributed by atoms with Crippen LogP contribution in [0.5, 0.6) is 0 Å². The van der Waals surface area contributed by atoms with E-state index >= 15 is 0 Å². The lowest BCUT2D eigenvalue weighted by atomic mass is 9.85. The molecule has 0 saturated heterocycles. The molecule has 0 heterocycles. The number of hydrogen-bond acceptors (Lipinski definition) is 2. The summed E-state index contributed by atoms with van der Waals surface area (Å²) in [7, 11) is 0. The molecule has 0 spiro atoms. The number of carboxylic acid groups (broad SMARTS) is 2. The van der Waals surface area contributed by atoms with E-state index < -0.39 is 11.9 Å². The molecule has 2 N–H and O–H groups in total. The lowest BCUT2D eigenvalue weighted by Gasteiger charge is -2.19. The third-order valence-electron chi connectivity index (χ3n) is 4.97. The number of benzene rings is 1. The van der Waals surface area contributed by atoms with Crippen LogP contribution in [0.4, 0.5) is 0 Å². The Morgan fingerprint density at radius 3 is 2.04 bits per heavy atom. The Labute approximate surface area is 151 Å². The molecule has 1 aromatic rings. The summed E-state index contributed by atoms with van der Waals surface area (Å²) < 4.78 is 0. The highest BCUT2D eigenvalue weighted by molar-refractivity contribution is 6.03. The molecule has 140 valence electrons. The Kier molecular flexibility index (Phi) is 9.25. The lowest BCUT2D eigenvalue weighted by molar-refractivity contribution is 0.0650. The van der Waals surface area contributed by atoms with Crippen molar-refractivity contribution in [3.63, 3.8) is 0 Å². The number of unbranched alkanes of at least 4 members (excludes halogenated alkanes) is 6. The zero-order valence-corrected chi connectivity index (χ0v) is 15.8. The topological polar surface area (TPSA) is 74.6 Å². The molecule has 0 amide bonds. The fourth-order valence-electron chi connectivity index (χ4n) is 3.30. The van der Waals surface area contributed by atoms with E-state index in [0.717, 1.165) is 36.8 Å². The average molecular weight is 348 g/mol. The quantitative estimate of drug-likeness (QED) is 0.462. The highest BCUT2D eigenvalue weighted by Gasteiger charge is 2.24. The van der Waals surface area contributed by atoms with Crippen molar-refractivity contribution in [2.45, 2.75) is 84.5 Å². The largest absolute Gasteiger partial charge is 0.478 e. The van der Waals surface area contributed by atoms with Gasteiger partial charge in [-0.2, -0.15) is 0 Å². The van der Waals surface area contributed by atoms with E-state index in [9.17, 15) is 19.8 Å². The molecule has 4 heteroatoms. The third kappa shape index (κ3) is 6.18. The van der Waals surface area contributed by atoms with Gasteiger partial charge in [0.1, 0.15) is 0 Å². The van der Waals surface area contributed by atoms with E-state index in [2.05, 4.69) is 20.8 Å². The minimum Gasteiger partial charge on any atom is -0.478 e. The first-order valence-corrected chi connectivity index (χ1v) is 9.56. The zero-order chi connectivity index (χ0) is 18.8. The van der Waals surface area contributed by atoms with Crippen molar-refractivity contribution in [1.29, 1.82) is 0 Å². The first kappa shape index (κ1) is 21.2. The van der Waals surface area contributed by atoms with E-state index in [0.29, 0.717) is 6.42 Å². The van der Waals surface area contributed by atoms with Gasteiger partial charge in [-0.05, 0) is 42.4 Å².